The first-order chi connectivity index (χ1) is 41.0. The van der Waals surface area contributed by atoms with Crippen molar-refractivity contribution in [3.8, 4) is 0 Å². The van der Waals surface area contributed by atoms with Crippen LogP contribution >= 0.6 is 0 Å². The van der Waals surface area contributed by atoms with Gasteiger partial charge in [0.1, 0.15) is 13.2 Å². The van der Waals surface area contributed by atoms with Crippen molar-refractivity contribution in [1.29, 1.82) is 0 Å². The zero-order valence-corrected chi connectivity index (χ0v) is 56.2. The van der Waals surface area contributed by atoms with Crippen molar-refractivity contribution in [2.24, 2.45) is 0 Å². The fraction of sp³-hybridized carbons (Fsp3) is 0.883. The molecule has 6 nitrogen and oxygen atoms in total. The largest absolute Gasteiger partial charge is 0.462 e. The smallest absolute Gasteiger partial charge is 0.306 e. The Morgan fingerprint density at radius 2 is 0.434 bits per heavy atom. The second kappa shape index (κ2) is 72.1. The summed E-state index contributed by atoms with van der Waals surface area (Å²) >= 11 is 0. The second-order valence-corrected chi connectivity index (χ2v) is 25.6. The molecule has 0 aliphatic rings. The summed E-state index contributed by atoms with van der Waals surface area (Å²) in [5.74, 6) is -0.829. The third-order valence-corrected chi connectivity index (χ3v) is 17.1. The van der Waals surface area contributed by atoms with E-state index in [0.29, 0.717) is 19.3 Å². The molecule has 0 bridgehead atoms. The molecule has 488 valence electrons. The Balaban J connectivity index is 4.24. The molecular formula is C77H144O6. The van der Waals surface area contributed by atoms with Gasteiger partial charge in [-0.15, -0.1) is 0 Å². The van der Waals surface area contributed by atoms with Gasteiger partial charge in [-0.3, -0.25) is 14.4 Å². The summed E-state index contributed by atoms with van der Waals surface area (Å²) in [5, 5.41) is 0. The number of rotatable bonds is 70. The number of hydrogen-bond acceptors (Lipinski definition) is 6. The summed E-state index contributed by atoms with van der Waals surface area (Å²) in [5.41, 5.74) is 0. The maximum Gasteiger partial charge on any atom is 0.306 e. The van der Waals surface area contributed by atoms with Gasteiger partial charge in [0.25, 0.3) is 0 Å². The van der Waals surface area contributed by atoms with Gasteiger partial charge in [-0.1, -0.05) is 378 Å². The van der Waals surface area contributed by atoms with Crippen LogP contribution in [0.5, 0.6) is 0 Å². The summed E-state index contributed by atoms with van der Waals surface area (Å²) in [6, 6.07) is 0. The first kappa shape index (κ1) is 80.6. The van der Waals surface area contributed by atoms with Crippen LogP contribution in [0.2, 0.25) is 0 Å². The average molecular weight is 1170 g/mol. The van der Waals surface area contributed by atoms with Crippen LogP contribution in [0.25, 0.3) is 0 Å². The molecule has 0 aliphatic carbocycles. The molecule has 6 heteroatoms. The number of hydrogen-bond donors (Lipinski definition) is 0. The van der Waals surface area contributed by atoms with Crippen LogP contribution in [0.4, 0.5) is 0 Å². The molecule has 0 saturated heterocycles. The van der Waals surface area contributed by atoms with E-state index in [0.717, 1.165) is 70.6 Å². The van der Waals surface area contributed by atoms with Crippen LogP contribution in [-0.4, -0.2) is 37.2 Å². The van der Waals surface area contributed by atoms with Crippen LogP contribution in [-0.2, 0) is 28.6 Å². The van der Waals surface area contributed by atoms with E-state index in [1.165, 1.54) is 308 Å². The van der Waals surface area contributed by atoms with Gasteiger partial charge in [-0.05, 0) is 57.8 Å². The Bertz CT molecular complexity index is 1380. The SMILES string of the molecule is CCCCCCC/C=C\C/C=C\C/C=C\CCCCCCCCCCCCCCCCC(=O)OCC(COC(=O)CCCCCCCCCCCCCCCCCCC)OC(=O)CCCCCCCCCCCCCCCCCCCCC. The monoisotopic (exact) mass is 1170 g/mol. The van der Waals surface area contributed by atoms with Crippen molar-refractivity contribution in [2.75, 3.05) is 13.2 Å². The third kappa shape index (κ3) is 70.3. The quantitative estimate of drug-likeness (QED) is 0.0261. The molecule has 0 aromatic rings. The lowest BCUT2D eigenvalue weighted by Gasteiger charge is -2.18. The first-order valence-corrected chi connectivity index (χ1v) is 37.5. The fourth-order valence-corrected chi connectivity index (χ4v) is 11.5. The standard InChI is InChI=1S/C77H144O6/c1-4-7-10-13-16-19-22-25-28-31-33-34-35-36-37-38-39-40-41-42-44-46-49-52-55-58-61-64-67-70-76(79)82-73-74(72-81-75(78)69-66-63-60-57-54-51-48-45-30-27-24-21-18-15-12-9-6-3)83-77(80)71-68-65-62-59-56-53-50-47-43-32-29-26-23-20-17-14-11-8-5-2/h22,25,31,33,35-36,74H,4-21,23-24,26-30,32,34,37-73H2,1-3H3/b25-22-,33-31-,36-35-. The van der Waals surface area contributed by atoms with E-state index in [-0.39, 0.29) is 31.1 Å². The van der Waals surface area contributed by atoms with E-state index >= 15 is 0 Å². The normalized spacial score (nSPS) is 12.2. The Kier molecular flexibility index (Phi) is 70.0. The highest BCUT2D eigenvalue weighted by atomic mass is 16.6. The number of carbonyl (C=O) groups is 3. The molecule has 0 amide bonds. The number of carbonyl (C=O) groups excluding carboxylic acids is 3. The van der Waals surface area contributed by atoms with E-state index in [1.54, 1.807) is 0 Å². The number of ether oxygens (including phenoxy) is 3. The van der Waals surface area contributed by atoms with Gasteiger partial charge < -0.3 is 14.2 Å². The number of unbranched alkanes of at least 4 members (excludes halogenated alkanes) is 53. The Morgan fingerprint density at radius 3 is 0.675 bits per heavy atom. The zero-order valence-electron chi connectivity index (χ0n) is 56.2. The lowest BCUT2D eigenvalue weighted by molar-refractivity contribution is -0.167. The van der Waals surface area contributed by atoms with Crippen LogP contribution in [0.1, 0.15) is 419 Å². The molecule has 0 spiro atoms. The minimum absolute atomic E-state index is 0.0647. The van der Waals surface area contributed by atoms with E-state index in [1.807, 2.05) is 0 Å². The highest BCUT2D eigenvalue weighted by Gasteiger charge is 2.20. The van der Waals surface area contributed by atoms with Crippen molar-refractivity contribution in [3.05, 3.63) is 36.5 Å². The molecule has 0 heterocycles. The first-order valence-electron chi connectivity index (χ1n) is 37.5. The third-order valence-electron chi connectivity index (χ3n) is 17.1. The number of esters is 3. The Morgan fingerprint density at radius 1 is 0.241 bits per heavy atom. The van der Waals surface area contributed by atoms with Gasteiger partial charge in [-0.2, -0.15) is 0 Å². The van der Waals surface area contributed by atoms with Crippen molar-refractivity contribution >= 4 is 17.9 Å². The van der Waals surface area contributed by atoms with Gasteiger partial charge in [0.2, 0.25) is 0 Å². The minimum Gasteiger partial charge on any atom is -0.462 e. The van der Waals surface area contributed by atoms with Crippen molar-refractivity contribution < 1.29 is 28.6 Å². The van der Waals surface area contributed by atoms with Gasteiger partial charge in [0.05, 0.1) is 0 Å². The maximum absolute atomic E-state index is 13.0. The van der Waals surface area contributed by atoms with Crippen LogP contribution in [0, 0.1) is 0 Å². The van der Waals surface area contributed by atoms with Crippen molar-refractivity contribution in [1.82, 2.24) is 0 Å². The topological polar surface area (TPSA) is 78.9 Å². The highest BCUT2D eigenvalue weighted by molar-refractivity contribution is 5.71. The van der Waals surface area contributed by atoms with Gasteiger partial charge in [0.15, 0.2) is 6.10 Å². The zero-order chi connectivity index (χ0) is 59.9. The summed E-state index contributed by atoms with van der Waals surface area (Å²) in [4.78, 5) is 38.5. The van der Waals surface area contributed by atoms with Crippen molar-refractivity contribution in [3.63, 3.8) is 0 Å². The molecule has 0 rings (SSSR count). The molecule has 0 aromatic carbocycles. The molecule has 0 aromatic heterocycles. The lowest BCUT2D eigenvalue weighted by atomic mass is 10.0. The molecule has 0 fully saturated rings. The summed E-state index contributed by atoms with van der Waals surface area (Å²) < 4.78 is 17.0. The summed E-state index contributed by atoms with van der Waals surface area (Å²) in [6.45, 7) is 6.72. The molecule has 0 aliphatic heterocycles. The van der Waals surface area contributed by atoms with E-state index in [4.69, 9.17) is 14.2 Å². The molecule has 0 radical (unpaired) electrons. The Labute approximate surface area is 518 Å². The number of allylic oxidation sites excluding steroid dienone is 6. The maximum atomic E-state index is 13.0. The average Bonchev–Trinajstić information content (AvgIpc) is 3.49. The van der Waals surface area contributed by atoms with Crippen LogP contribution in [0.15, 0.2) is 36.5 Å². The van der Waals surface area contributed by atoms with Crippen LogP contribution in [0.3, 0.4) is 0 Å². The van der Waals surface area contributed by atoms with Gasteiger partial charge >= 0.3 is 17.9 Å². The summed E-state index contributed by atoms with van der Waals surface area (Å²) in [6.07, 6.45) is 90.4. The fourth-order valence-electron chi connectivity index (χ4n) is 11.5. The second-order valence-electron chi connectivity index (χ2n) is 25.6. The van der Waals surface area contributed by atoms with E-state index in [2.05, 4.69) is 57.2 Å². The molecule has 83 heavy (non-hydrogen) atoms. The van der Waals surface area contributed by atoms with E-state index < -0.39 is 6.10 Å². The van der Waals surface area contributed by atoms with Crippen LogP contribution < -0.4 is 0 Å². The molecule has 0 saturated carbocycles. The van der Waals surface area contributed by atoms with Gasteiger partial charge in [-0.25, -0.2) is 0 Å². The predicted octanol–water partition coefficient (Wildman–Crippen LogP) is 25.9. The minimum atomic E-state index is -0.769. The highest BCUT2D eigenvalue weighted by Crippen LogP contribution is 2.19. The summed E-state index contributed by atoms with van der Waals surface area (Å²) in [7, 11) is 0. The van der Waals surface area contributed by atoms with Crippen molar-refractivity contribution in [2.45, 2.75) is 425 Å². The molecule has 1 unspecified atom stereocenters. The molecule has 1 atom stereocenters. The predicted molar refractivity (Wildman–Crippen MR) is 362 cm³/mol. The lowest BCUT2D eigenvalue weighted by Crippen LogP contribution is -2.30. The molecular weight excluding hydrogens is 1020 g/mol. The van der Waals surface area contributed by atoms with E-state index in [9.17, 15) is 14.4 Å². The van der Waals surface area contributed by atoms with Gasteiger partial charge in [0, 0.05) is 19.3 Å². The molecule has 0 N–H and O–H groups in total. The Hall–Kier alpha value is -2.37.